The minimum atomic E-state index is -1.82. The van der Waals surface area contributed by atoms with Crippen molar-refractivity contribution in [2.45, 2.75) is 39.6 Å². The minimum absolute atomic E-state index is 0.0564. The Balaban J connectivity index is 3.14. The average molecular weight is 278 g/mol. The van der Waals surface area contributed by atoms with E-state index >= 15 is 0 Å². The maximum Gasteiger partial charge on any atom is 0.124 e. The van der Waals surface area contributed by atoms with Gasteiger partial charge in [0.1, 0.15) is 13.5 Å². The molecule has 0 N–H and O–H groups in total. The second-order valence-electron chi connectivity index (χ2n) is 6.45. The molecule has 106 valence electrons. The summed E-state index contributed by atoms with van der Waals surface area (Å²) >= 11 is 0. The molecule has 0 saturated carbocycles. The van der Waals surface area contributed by atoms with Crippen LogP contribution in [0.4, 0.5) is 0 Å². The predicted molar refractivity (Wildman–Crippen MR) is 82.9 cm³/mol. The molecule has 0 radical (unpaired) electrons. The molecule has 0 aromatic heterocycles. The number of hydrogen-bond donors (Lipinski definition) is 0. The van der Waals surface area contributed by atoms with Crippen LogP contribution in [0.5, 0.6) is 0 Å². The van der Waals surface area contributed by atoms with Crippen LogP contribution in [-0.4, -0.2) is 20.6 Å². The molecular formula is C16H26O2Si. The highest BCUT2D eigenvalue weighted by atomic mass is 28.3. The van der Waals surface area contributed by atoms with Crippen molar-refractivity contribution in [3.8, 4) is 0 Å². The smallest absolute Gasteiger partial charge is 0.124 e. The number of carbonyl (C=O) groups is 1. The van der Waals surface area contributed by atoms with Crippen LogP contribution in [0.3, 0.4) is 0 Å². The molecule has 0 spiro atoms. The van der Waals surface area contributed by atoms with Gasteiger partial charge < -0.3 is 9.53 Å². The lowest BCUT2D eigenvalue weighted by Gasteiger charge is -2.32. The van der Waals surface area contributed by atoms with Gasteiger partial charge in [0, 0.05) is 13.0 Å². The van der Waals surface area contributed by atoms with Crippen LogP contribution in [0.25, 0.3) is 0 Å². The van der Waals surface area contributed by atoms with Gasteiger partial charge in [0.05, 0.1) is 6.10 Å². The highest BCUT2D eigenvalue weighted by Gasteiger charge is 2.38. The fraction of sp³-hybridized carbons (Fsp3) is 0.562. The molecule has 3 heteroatoms. The maximum atomic E-state index is 12.8. The highest BCUT2D eigenvalue weighted by Crippen LogP contribution is 2.34. The van der Waals surface area contributed by atoms with Gasteiger partial charge in [-0.1, -0.05) is 63.8 Å². The Morgan fingerprint density at radius 3 is 2.00 bits per heavy atom. The van der Waals surface area contributed by atoms with E-state index in [0.717, 1.165) is 5.56 Å². The van der Waals surface area contributed by atoms with Crippen LogP contribution in [0.1, 0.15) is 25.5 Å². The Labute approximate surface area is 118 Å². The third-order valence-electron chi connectivity index (χ3n) is 3.47. The van der Waals surface area contributed by atoms with Gasteiger partial charge in [-0.15, -0.1) is 0 Å². The van der Waals surface area contributed by atoms with Crippen LogP contribution in [0.2, 0.25) is 19.6 Å². The number of rotatable bonds is 6. The van der Waals surface area contributed by atoms with Gasteiger partial charge in [-0.3, -0.25) is 0 Å². The standard InChI is InChI=1S/C16H26O2Si/c1-12(2)14(16(17)19(4,5)6)15(18-3)13-10-8-7-9-11-13/h7-12,14-15H,1-6H3/t14-,15-/m0/s1. The van der Waals surface area contributed by atoms with E-state index in [0.29, 0.717) is 5.41 Å². The second-order valence-corrected chi connectivity index (χ2v) is 11.4. The molecule has 0 unspecified atom stereocenters. The number of benzene rings is 1. The van der Waals surface area contributed by atoms with Gasteiger partial charge in [0.25, 0.3) is 0 Å². The lowest BCUT2D eigenvalue weighted by molar-refractivity contribution is -0.122. The van der Waals surface area contributed by atoms with E-state index in [1.165, 1.54) is 0 Å². The molecule has 0 aliphatic heterocycles. The summed E-state index contributed by atoms with van der Waals surface area (Å²) in [5, 5.41) is 0.401. The summed E-state index contributed by atoms with van der Waals surface area (Å²) in [6.07, 6.45) is -0.138. The van der Waals surface area contributed by atoms with E-state index < -0.39 is 8.07 Å². The van der Waals surface area contributed by atoms with Gasteiger partial charge >= 0.3 is 0 Å². The summed E-state index contributed by atoms with van der Waals surface area (Å²) in [5.74, 6) is 0.225. The lowest BCUT2D eigenvalue weighted by atomic mass is 9.87. The molecule has 0 aliphatic rings. The van der Waals surface area contributed by atoms with Gasteiger partial charge in [0.2, 0.25) is 0 Å². The average Bonchev–Trinajstić information content (AvgIpc) is 2.34. The monoisotopic (exact) mass is 278 g/mol. The number of ether oxygens (including phenoxy) is 1. The third kappa shape index (κ3) is 4.01. The molecule has 0 fully saturated rings. The van der Waals surface area contributed by atoms with E-state index in [1.54, 1.807) is 7.11 Å². The zero-order valence-electron chi connectivity index (χ0n) is 12.9. The topological polar surface area (TPSA) is 26.3 Å². The van der Waals surface area contributed by atoms with Crippen molar-refractivity contribution in [3.63, 3.8) is 0 Å². The SMILES string of the molecule is CO[C@@H](c1ccccc1)[C@@H](C(=O)[Si](C)(C)C)C(C)C. The fourth-order valence-corrected chi connectivity index (χ4v) is 3.91. The molecule has 0 heterocycles. The van der Waals surface area contributed by atoms with E-state index in [-0.39, 0.29) is 17.9 Å². The van der Waals surface area contributed by atoms with Crippen LogP contribution >= 0.6 is 0 Å². The molecule has 1 aromatic rings. The normalized spacial score (nSPS) is 15.3. The van der Waals surface area contributed by atoms with E-state index in [1.807, 2.05) is 30.3 Å². The Kier molecular flexibility index (Phi) is 5.50. The Morgan fingerprint density at radius 2 is 1.63 bits per heavy atom. The first-order valence-electron chi connectivity index (χ1n) is 6.91. The summed E-state index contributed by atoms with van der Waals surface area (Å²) in [6, 6.07) is 10.1. The summed E-state index contributed by atoms with van der Waals surface area (Å²) < 4.78 is 5.68. The molecule has 0 saturated heterocycles. The van der Waals surface area contributed by atoms with Gasteiger partial charge in [-0.05, 0) is 11.5 Å². The molecule has 0 aliphatic carbocycles. The first-order chi connectivity index (χ1) is 8.79. The minimum Gasteiger partial charge on any atom is -0.376 e. The first kappa shape index (κ1) is 16.1. The largest absolute Gasteiger partial charge is 0.376 e. The summed E-state index contributed by atoms with van der Waals surface area (Å²) in [4.78, 5) is 12.8. The van der Waals surface area contributed by atoms with Crippen molar-refractivity contribution in [1.82, 2.24) is 0 Å². The quantitative estimate of drug-likeness (QED) is 0.733. The molecule has 1 rings (SSSR count). The first-order valence-corrected chi connectivity index (χ1v) is 10.4. The van der Waals surface area contributed by atoms with Crippen LogP contribution in [0, 0.1) is 11.8 Å². The summed E-state index contributed by atoms with van der Waals surface area (Å²) in [5.41, 5.74) is 1.09. The molecular weight excluding hydrogens is 252 g/mol. The van der Waals surface area contributed by atoms with Crippen LogP contribution < -0.4 is 0 Å². The number of carbonyl (C=O) groups excluding carboxylic acids is 1. The van der Waals surface area contributed by atoms with Crippen LogP contribution in [-0.2, 0) is 9.53 Å². The molecule has 2 nitrogen and oxygen atoms in total. The van der Waals surface area contributed by atoms with Gasteiger partial charge in [0.15, 0.2) is 0 Å². The number of methoxy groups -OCH3 is 1. The summed E-state index contributed by atoms with van der Waals surface area (Å²) in [6.45, 7) is 10.6. The molecule has 0 amide bonds. The van der Waals surface area contributed by atoms with Crippen LogP contribution in [0.15, 0.2) is 30.3 Å². The molecule has 2 atom stereocenters. The van der Waals surface area contributed by atoms with Gasteiger partial charge in [-0.25, -0.2) is 0 Å². The van der Waals surface area contributed by atoms with Gasteiger partial charge in [-0.2, -0.15) is 0 Å². The van der Waals surface area contributed by atoms with E-state index in [2.05, 4.69) is 33.5 Å². The van der Waals surface area contributed by atoms with Crippen molar-refractivity contribution in [3.05, 3.63) is 35.9 Å². The Bertz CT molecular complexity index is 407. The number of hydrogen-bond acceptors (Lipinski definition) is 2. The lowest BCUT2D eigenvalue weighted by Crippen LogP contribution is -2.43. The fourth-order valence-electron chi connectivity index (χ4n) is 2.42. The van der Waals surface area contributed by atoms with Crippen molar-refractivity contribution in [2.75, 3.05) is 7.11 Å². The van der Waals surface area contributed by atoms with Crippen molar-refractivity contribution in [1.29, 1.82) is 0 Å². The van der Waals surface area contributed by atoms with E-state index in [9.17, 15) is 4.79 Å². The Hall–Kier alpha value is -0.933. The highest BCUT2D eigenvalue weighted by molar-refractivity contribution is 7.03. The summed E-state index contributed by atoms with van der Waals surface area (Å²) in [7, 11) is -0.118. The molecule has 1 aromatic carbocycles. The predicted octanol–water partition coefficient (Wildman–Crippen LogP) is 4.09. The van der Waals surface area contributed by atoms with Crippen molar-refractivity contribution >= 4 is 13.5 Å². The molecule has 19 heavy (non-hydrogen) atoms. The van der Waals surface area contributed by atoms with E-state index in [4.69, 9.17) is 4.74 Å². The Morgan fingerprint density at radius 1 is 1.11 bits per heavy atom. The zero-order valence-corrected chi connectivity index (χ0v) is 13.9. The van der Waals surface area contributed by atoms with Crippen molar-refractivity contribution in [2.24, 2.45) is 11.8 Å². The third-order valence-corrected chi connectivity index (χ3v) is 5.28. The molecule has 0 bridgehead atoms. The zero-order chi connectivity index (χ0) is 14.6. The maximum absolute atomic E-state index is 12.8. The second kappa shape index (κ2) is 6.48. The van der Waals surface area contributed by atoms with Crippen molar-refractivity contribution < 1.29 is 9.53 Å².